The highest BCUT2D eigenvalue weighted by Crippen LogP contribution is 2.24. The highest BCUT2D eigenvalue weighted by molar-refractivity contribution is 5.54. The molecule has 1 N–H and O–H groups in total. The van der Waals surface area contributed by atoms with E-state index < -0.39 is 0 Å². The number of para-hydroxylation sites is 1. The smallest absolute Gasteiger partial charge is 0.235 e. The van der Waals surface area contributed by atoms with Gasteiger partial charge in [0.2, 0.25) is 11.8 Å². The number of hydrogen-bond donors (Lipinski definition) is 1. The zero-order chi connectivity index (χ0) is 13.2. The number of hydrogen-bond acceptors (Lipinski definition) is 5. The Hall–Kier alpha value is -1.88. The van der Waals surface area contributed by atoms with Gasteiger partial charge in [-0.3, -0.25) is 0 Å². The number of rotatable bonds is 2. The van der Waals surface area contributed by atoms with Crippen molar-refractivity contribution in [3.05, 3.63) is 41.6 Å². The number of anilines is 1. The van der Waals surface area contributed by atoms with E-state index in [1.165, 1.54) is 11.3 Å². The molecular weight excluding hydrogens is 240 g/mol. The predicted octanol–water partition coefficient (Wildman–Crippen LogP) is 1.88. The molecule has 2 aromatic rings. The molecule has 5 heteroatoms. The zero-order valence-electron chi connectivity index (χ0n) is 11.3. The minimum absolute atomic E-state index is 0.427. The highest BCUT2D eigenvalue weighted by Gasteiger charge is 2.20. The van der Waals surface area contributed by atoms with Crippen LogP contribution in [0, 0.1) is 6.92 Å². The molecule has 0 saturated heterocycles. The summed E-state index contributed by atoms with van der Waals surface area (Å²) in [5.41, 5.74) is 2.55. The lowest BCUT2D eigenvalue weighted by atomic mass is 10.1. The van der Waals surface area contributed by atoms with Gasteiger partial charge in [-0.15, -0.1) is 10.2 Å². The number of aromatic nitrogens is 2. The van der Waals surface area contributed by atoms with Crippen LogP contribution in [0.3, 0.4) is 0 Å². The molecule has 0 aliphatic carbocycles. The number of nitrogens with one attached hydrogen (secondary N) is 1. The minimum Gasteiger partial charge on any atom is -0.424 e. The van der Waals surface area contributed by atoms with E-state index in [2.05, 4.69) is 51.6 Å². The molecule has 0 radical (unpaired) electrons. The molecule has 1 aromatic carbocycles. The van der Waals surface area contributed by atoms with E-state index in [-0.39, 0.29) is 0 Å². The lowest BCUT2D eigenvalue weighted by Crippen LogP contribution is -2.35. The molecule has 0 amide bonds. The second-order valence-electron chi connectivity index (χ2n) is 5.01. The lowest BCUT2D eigenvalue weighted by molar-refractivity contribution is 0.456. The molecule has 100 valence electrons. The Morgan fingerprint density at radius 2 is 2.21 bits per heavy atom. The summed E-state index contributed by atoms with van der Waals surface area (Å²) in [6, 6.07) is 8.88. The summed E-state index contributed by atoms with van der Waals surface area (Å²) in [7, 11) is 0. The first-order valence-corrected chi connectivity index (χ1v) is 6.57. The van der Waals surface area contributed by atoms with Gasteiger partial charge in [-0.2, -0.15) is 0 Å². The molecule has 19 heavy (non-hydrogen) atoms. The van der Waals surface area contributed by atoms with Crippen molar-refractivity contribution in [2.45, 2.75) is 33.0 Å². The van der Waals surface area contributed by atoms with Crippen molar-refractivity contribution in [3.63, 3.8) is 0 Å². The third-order valence-corrected chi connectivity index (χ3v) is 3.36. The van der Waals surface area contributed by atoms with Gasteiger partial charge in [0.05, 0.1) is 6.54 Å². The van der Waals surface area contributed by atoms with Crippen molar-refractivity contribution >= 4 is 5.69 Å². The zero-order valence-corrected chi connectivity index (χ0v) is 11.3. The molecule has 5 nitrogen and oxygen atoms in total. The molecule has 1 aliphatic heterocycles. The van der Waals surface area contributed by atoms with Crippen molar-refractivity contribution in [1.82, 2.24) is 15.5 Å². The Morgan fingerprint density at radius 3 is 3.00 bits per heavy atom. The largest absolute Gasteiger partial charge is 0.424 e. The van der Waals surface area contributed by atoms with Gasteiger partial charge in [0.25, 0.3) is 0 Å². The van der Waals surface area contributed by atoms with Gasteiger partial charge >= 0.3 is 0 Å². The fourth-order valence-electron chi connectivity index (χ4n) is 2.46. The minimum atomic E-state index is 0.427. The molecule has 3 rings (SSSR count). The monoisotopic (exact) mass is 258 g/mol. The quantitative estimate of drug-likeness (QED) is 0.891. The maximum Gasteiger partial charge on any atom is 0.235 e. The van der Waals surface area contributed by atoms with Crippen LogP contribution in [0.2, 0.25) is 0 Å². The fourth-order valence-corrected chi connectivity index (χ4v) is 2.46. The summed E-state index contributed by atoms with van der Waals surface area (Å²) in [5, 5.41) is 11.5. The first-order valence-electron chi connectivity index (χ1n) is 6.57. The average molecular weight is 258 g/mol. The number of fused-ring (bicyclic) bond motifs is 1. The third-order valence-electron chi connectivity index (χ3n) is 3.36. The summed E-state index contributed by atoms with van der Waals surface area (Å²) in [4.78, 5) is 2.30. The second kappa shape index (κ2) is 5.01. The Labute approximate surface area is 112 Å². The van der Waals surface area contributed by atoms with Crippen molar-refractivity contribution in [1.29, 1.82) is 0 Å². The Morgan fingerprint density at radius 1 is 1.37 bits per heavy atom. The van der Waals surface area contributed by atoms with Crippen LogP contribution in [0.5, 0.6) is 0 Å². The highest BCUT2D eigenvalue weighted by atomic mass is 16.4. The van der Waals surface area contributed by atoms with Gasteiger partial charge in [-0.1, -0.05) is 18.2 Å². The van der Waals surface area contributed by atoms with Crippen molar-refractivity contribution in [3.8, 4) is 0 Å². The van der Waals surface area contributed by atoms with Gasteiger partial charge < -0.3 is 14.6 Å². The Kier molecular flexibility index (Phi) is 3.21. The normalized spacial score (nSPS) is 19.1. The van der Waals surface area contributed by atoms with Gasteiger partial charge in [0.15, 0.2) is 0 Å². The van der Waals surface area contributed by atoms with Gasteiger partial charge in [-0.05, 0) is 18.6 Å². The second-order valence-corrected chi connectivity index (χ2v) is 5.01. The molecule has 0 bridgehead atoms. The summed E-state index contributed by atoms with van der Waals surface area (Å²) in [6.07, 6.45) is 0. The van der Waals surface area contributed by atoms with Crippen LogP contribution in [-0.4, -0.2) is 22.8 Å². The summed E-state index contributed by atoms with van der Waals surface area (Å²) >= 11 is 0. The molecule has 0 saturated carbocycles. The molecule has 1 unspecified atom stereocenters. The maximum atomic E-state index is 5.49. The first kappa shape index (κ1) is 12.2. The van der Waals surface area contributed by atoms with Crippen molar-refractivity contribution in [2.24, 2.45) is 0 Å². The standard InChI is InChI=1S/C14H18N4O/c1-10-8-18(9-14-17-16-11(2)19-14)13-6-4-3-5-12(13)7-15-10/h3-6,10,15H,7-9H2,1-2H3. The van der Waals surface area contributed by atoms with E-state index in [9.17, 15) is 0 Å². The van der Waals surface area contributed by atoms with Crippen LogP contribution in [0.15, 0.2) is 28.7 Å². The lowest BCUT2D eigenvalue weighted by Gasteiger charge is -2.24. The van der Waals surface area contributed by atoms with E-state index >= 15 is 0 Å². The van der Waals surface area contributed by atoms with Crippen LogP contribution in [-0.2, 0) is 13.1 Å². The first-order chi connectivity index (χ1) is 9.22. The van der Waals surface area contributed by atoms with Gasteiger partial charge in [0.1, 0.15) is 0 Å². The van der Waals surface area contributed by atoms with Crippen molar-refractivity contribution in [2.75, 3.05) is 11.4 Å². The Bertz CT molecular complexity index is 566. The van der Waals surface area contributed by atoms with E-state index in [4.69, 9.17) is 4.42 Å². The maximum absolute atomic E-state index is 5.49. The fraction of sp³-hybridized carbons (Fsp3) is 0.429. The summed E-state index contributed by atoms with van der Waals surface area (Å²) in [6.45, 7) is 6.49. The van der Waals surface area contributed by atoms with Crippen LogP contribution in [0.25, 0.3) is 0 Å². The van der Waals surface area contributed by atoms with E-state index in [0.717, 1.165) is 13.1 Å². The Balaban J connectivity index is 1.89. The van der Waals surface area contributed by atoms with Crippen LogP contribution < -0.4 is 10.2 Å². The number of benzene rings is 1. The van der Waals surface area contributed by atoms with E-state index in [1.807, 2.05) is 6.92 Å². The molecule has 1 atom stereocenters. The molecule has 1 aliphatic rings. The molecule has 0 fully saturated rings. The topological polar surface area (TPSA) is 54.2 Å². The molecule has 2 heterocycles. The molecule has 0 spiro atoms. The SMILES string of the molecule is Cc1nnc(CN2CC(C)NCc3ccccc32)o1. The predicted molar refractivity (Wildman–Crippen MR) is 72.8 cm³/mol. The molecule has 1 aromatic heterocycles. The average Bonchev–Trinajstić information content (AvgIpc) is 2.74. The van der Waals surface area contributed by atoms with Crippen molar-refractivity contribution < 1.29 is 4.42 Å². The summed E-state index contributed by atoms with van der Waals surface area (Å²) < 4.78 is 5.49. The van der Waals surface area contributed by atoms with Crippen LogP contribution in [0.4, 0.5) is 5.69 Å². The third kappa shape index (κ3) is 2.61. The van der Waals surface area contributed by atoms with Gasteiger partial charge in [-0.25, -0.2) is 0 Å². The van der Waals surface area contributed by atoms with Crippen LogP contribution >= 0.6 is 0 Å². The number of nitrogens with zero attached hydrogens (tertiary/aromatic N) is 3. The van der Waals surface area contributed by atoms with E-state index in [0.29, 0.717) is 24.4 Å². The van der Waals surface area contributed by atoms with E-state index in [1.54, 1.807) is 0 Å². The van der Waals surface area contributed by atoms with Crippen LogP contribution in [0.1, 0.15) is 24.3 Å². The summed E-state index contributed by atoms with van der Waals surface area (Å²) in [5.74, 6) is 1.28. The van der Waals surface area contributed by atoms with Gasteiger partial charge in [0, 0.05) is 31.7 Å². The number of aryl methyl sites for hydroxylation is 1. The molecular formula is C14H18N4O.